The molecule has 0 radical (unpaired) electrons. The third-order valence-corrected chi connectivity index (χ3v) is 4.09. The molecule has 0 saturated carbocycles. The predicted molar refractivity (Wildman–Crippen MR) is 87.1 cm³/mol. The molecule has 2 aromatic carbocycles. The summed E-state index contributed by atoms with van der Waals surface area (Å²) in [5, 5.41) is 2.34. The van der Waals surface area contributed by atoms with Crippen LogP contribution in [0.4, 0.5) is 15.8 Å². The standard InChI is InChI=1S/C17H14ClFN2O2/c1-10-8-11-4-2-3-5-15(11)21(10)17(23)16(22)20-12-6-7-14(19)13(18)9-12/h2-7,9-10H,8H2,1H3,(H,20,22). The van der Waals surface area contributed by atoms with Gasteiger partial charge in [-0.2, -0.15) is 0 Å². The number of hydrogen-bond donors (Lipinski definition) is 1. The molecular formula is C17H14ClFN2O2. The van der Waals surface area contributed by atoms with Crippen molar-refractivity contribution in [2.75, 3.05) is 10.2 Å². The lowest BCUT2D eigenvalue weighted by Crippen LogP contribution is -2.43. The number of rotatable bonds is 1. The van der Waals surface area contributed by atoms with Gasteiger partial charge in [0.25, 0.3) is 0 Å². The third-order valence-electron chi connectivity index (χ3n) is 3.80. The van der Waals surface area contributed by atoms with Gasteiger partial charge in [0.2, 0.25) is 0 Å². The van der Waals surface area contributed by atoms with Crippen LogP contribution in [0.25, 0.3) is 0 Å². The summed E-state index contributed by atoms with van der Waals surface area (Å²) in [5.74, 6) is -2.02. The molecule has 1 heterocycles. The summed E-state index contributed by atoms with van der Waals surface area (Å²) < 4.78 is 13.1. The molecule has 6 heteroatoms. The maximum Gasteiger partial charge on any atom is 0.316 e. The Morgan fingerprint density at radius 2 is 2.00 bits per heavy atom. The van der Waals surface area contributed by atoms with Gasteiger partial charge in [-0.3, -0.25) is 9.59 Å². The first-order chi connectivity index (χ1) is 11.0. The number of amides is 2. The van der Waals surface area contributed by atoms with Crippen LogP contribution < -0.4 is 10.2 Å². The zero-order valence-corrected chi connectivity index (χ0v) is 13.1. The van der Waals surface area contributed by atoms with Crippen molar-refractivity contribution in [3.8, 4) is 0 Å². The highest BCUT2D eigenvalue weighted by atomic mass is 35.5. The van der Waals surface area contributed by atoms with Crippen molar-refractivity contribution in [2.24, 2.45) is 0 Å². The zero-order valence-electron chi connectivity index (χ0n) is 12.3. The van der Waals surface area contributed by atoms with Crippen LogP contribution in [-0.2, 0) is 16.0 Å². The second-order valence-corrected chi connectivity index (χ2v) is 5.85. The Kier molecular flexibility index (Phi) is 4.05. The van der Waals surface area contributed by atoms with Crippen LogP contribution in [0.2, 0.25) is 5.02 Å². The number of nitrogens with one attached hydrogen (secondary N) is 1. The van der Waals surface area contributed by atoms with Gasteiger partial charge in [0.1, 0.15) is 5.82 Å². The number of anilines is 2. The van der Waals surface area contributed by atoms with E-state index in [0.717, 1.165) is 17.3 Å². The highest BCUT2D eigenvalue weighted by Gasteiger charge is 2.34. The van der Waals surface area contributed by atoms with Gasteiger partial charge >= 0.3 is 11.8 Å². The van der Waals surface area contributed by atoms with Gasteiger partial charge in [-0.05, 0) is 43.2 Å². The first-order valence-electron chi connectivity index (χ1n) is 7.15. The van der Waals surface area contributed by atoms with E-state index < -0.39 is 17.6 Å². The van der Waals surface area contributed by atoms with Gasteiger partial charge in [0.15, 0.2) is 0 Å². The highest BCUT2D eigenvalue weighted by Crippen LogP contribution is 2.32. The van der Waals surface area contributed by atoms with Crippen molar-refractivity contribution in [3.63, 3.8) is 0 Å². The first kappa shape index (κ1) is 15.5. The van der Waals surface area contributed by atoms with Crippen LogP contribution in [0.3, 0.4) is 0 Å². The second-order valence-electron chi connectivity index (χ2n) is 5.44. The molecule has 3 rings (SSSR count). The fourth-order valence-corrected chi connectivity index (χ4v) is 2.92. The Balaban J connectivity index is 1.80. The number of carbonyl (C=O) groups is 2. The van der Waals surface area contributed by atoms with Crippen LogP contribution >= 0.6 is 11.6 Å². The Bertz CT molecular complexity index is 794. The van der Waals surface area contributed by atoms with E-state index in [4.69, 9.17) is 11.6 Å². The summed E-state index contributed by atoms with van der Waals surface area (Å²) >= 11 is 5.67. The number of halogens is 2. The van der Waals surface area contributed by atoms with Gasteiger partial charge in [-0.15, -0.1) is 0 Å². The SMILES string of the molecule is CC1Cc2ccccc2N1C(=O)C(=O)Nc1ccc(F)c(Cl)c1. The van der Waals surface area contributed by atoms with E-state index in [1.54, 1.807) is 0 Å². The lowest BCUT2D eigenvalue weighted by Gasteiger charge is -2.22. The maximum absolute atomic E-state index is 13.1. The monoisotopic (exact) mass is 332 g/mol. The number of benzene rings is 2. The van der Waals surface area contributed by atoms with Crippen LogP contribution in [0.5, 0.6) is 0 Å². The maximum atomic E-state index is 13.1. The van der Waals surface area contributed by atoms with Crippen molar-refractivity contribution < 1.29 is 14.0 Å². The van der Waals surface area contributed by atoms with Crippen molar-refractivity contribution >= 4 is 34.8 Å². The summed E-state index contributed by atoms with van der Waals surface area (Å²) in [6.07, 6.45) is 0.706. The van der Waals surface area contributed by atoms with Crippen LogP contribution in [0.1, 0.15) is 12.5 Å². The Labute approximate surface area is 137 Å². The molecule has 2 aromatic rings. The molecular weight excluding hydrogens is 319 g/mol. The minimum absolute atomic E-state index is 0.0949. The van der Waals surface area contributed by atoms with Gasteiger partial charge in [-0.25, -0.2) is 4.39 Å². The van der Waals surface area contributed by atoms with Gasteiger partial charge in [-0.1, -0.05) is 29.8 Å². The summed E-state index contributed by atoms with van der Waals surface area (Å²) in [4.78, 5) is 26.2. The fourth-order valence-electron chi connectivity index (χ4n) is 2.74. The minimum atomic E-state index is -0.781. The summed E-state index contributed by atoms with van der Waals surface area (Å²) in [6, 6.07) is 11.2. The van der Waals surface area contributed by atoms with E-state index in [0.29, 0.717) is 6.42 Å². The van der Waals surface area contributed by atoms with Gasteiger partial charge < -0.3 is 10.2 Å². The number of hydrogen-bond acceptors (Lipinski definition) is 2. The number of fused-ring (bicyclic) bond motifs is 1. The van der Waals surface area contributed by atoms with E-state index in [1.165, 1.54) is 17.0 Å². The lowest BCUT2D eigenvalue weighted by atomic mass is 10.1. The van der Waals surface area contributed by atoms with Crippen molar-refractivity contribution in [1.82, 2.24) is 0 Å². The van der Waals surface area contributed by atoms with Crippen molar-refractivity contribution in [2.45, 2.75) is 19.4 Å². The topological polar surface area (TPSA) is 49.4 Å². The van der Waals surface area contributed by atoms with E-state index >= 15 is 0 Å². The Hall–Kier alpha value is -2.40. The third kappa shape index (κ3) is 2.92. The molecule has 0 aromatic heterocycles. The minimum Gasteiger partial charge on any atom is -0.318 e. The van der Waals surface area contributed by atoms with E-state index in [-0.39, 0.29) is 16.8 Å². The van der Waals surface area contributed by atoms with Gasteiger partial charge in [0.05, 0.1) is 5.02 Å². The highest BCUT2D eigenvalue weighted by molar-refractivity contribution is 6.44. The fraction of sp³-hybridized carbons (Fsp3) is 0.176. The van der Waals surface area contributed by atoms with Crippen LogP contribution in [0, 0.1) is 5.82 Å². The first-order valence-corrected chi connectivity index (χ1v) is 7.52. The molecule has 0 aliphatic carbocycles. The van der Waals surface area contributed by atoms with Crippen molar-refractivity contribution in [3.05, 3.63) is 58.9 Å². The number of para-hydroxylation sites is 1. The molecule has 1 aliphatic heterocycles. The number of nitrogens with zero attached hydrogens (tertiary/aromatic N) is 1. The van der Waals surface area contributed by atoms with Gasteiger partial charge in [0, 0.05) is 17.4 Å². The Morgan fingerprint density at radius 1 is 1.26 bits per heavy atom. The lowest BCUT2D eigenvalue weighted by molar-refractivity contribution is -0.134. The second kappa shape index (κ2) is 6.01. The largest absolute Gasteiger partial charge is 0.318 e. The molecule has 4 nitrogen and oxygen atoms in total. The average molecular weight is 333 g/mol. The Morgan fingerprint density at radius 3 is 2.74 bits per heavy atom. The molecule has 0 bridgehead atoms. The molecule has 2 amide bonds. The molecule has 1 atom stereocenters. The molecule has 23 heavy (non-hydrogen) atoms. The number of carbonyl (C=O) groups excluding carboxylic acids is 2. The smallest absolute Gasteiger partial charge is 0.316 e. The molecule has 0 saturated heterocycles. The quantitative estimate of drug-likeness (QED) is 0.814. The van der Waals surface area contributed by atoms with Crippen molar-refractivity contribution in [1.29, 1.82) is 0 Å². The average Bonchev–Trinajstić information content (AvgIpc) is 2.86. The molecule has 1 N–H and O–H groups in total. The molecule has 1 unspecified atom stereocenters. The summed E-state index contributed by atoms with van der Waals surface area (Å²) in [6.45, 7) is 1.89. The normalized spacial score (nSPS) is 16.1. The molecule has 118 valence electrons. The summed E-state index contributed by atoms with van der Waals surface area (Å²) in [7, 11) is 0. The van der Waals surface area contributed by atoms with E-state index in [2.05, 4.69) is 5.32 Å². The molecule has 0 fully saturated rings. The molecule has 1 aliphatic rings. The van der Waals surface area contributed by atoms with Crippen LogP contribution in [-0.4, -0.2) is 17.9 Å². The van der Waals surface area contributed by atoms with E-state index in [9.17, 15) is 14.0 Å². The zero-order chi connectivity index (χ0) is 16.6. The predicted octanol–water partition coefficient (Wildman–Crippen LogP) is 3.40. The van der Waals surface area contributed by atoms with Crippen LogP contribution in [0.15, 0.2) is 42.5 Å². The molecule has 0 spiro atoms. The van der Waals surface area contributed by atoms with E-state index in [1.807, 2.05) is 31.2 Å². The summed E-state index contributed by atoms with van der Waals surface area (Å²) in [5.41, 5.74) is 2.05.